The molecule has 21 heavy (non-hydrogen) atoms. The summed E-state index contributed by atoms with van der Waals surface area (Å²) in [5.41, 5.74) is 1.08. The van der Waals surface area contributed by atoms with Crippen molar-refractivity contribution in [2.45, 2.75) is 13.5 Å². The molecule has 1 N–H and O–H groups in total. The number of aryl methyl sites for hydroxylation is 1. The summed E-state index contributed by atoms with van der Waals surface area (Å²) in [5.74, 6) is 1.09. The number of ether oxygens (including phenoxy) is 2. The van der Waals surface area contributed by atoms with E-state index in [0.717, 1.165) is 6.20 Å². The first-order chi connectivity index (χ1) is 10.0. The molecule has 1 aromatic carbocycles. The number of hydrogen-bond acceptors (Lipinski definition) is 6. The Morgan fingerprint density at radius 1 is 1.33 bits per heavy atom. The van der Waals surface area contributed by atoms with E-state index < -0.39 is 4.92 Å². The predicted molar refractivity (Wildman–Crippen MR) is 74.6 cm³/mol. The third-order valence-electron chi connectivity index (χ3n) is 2.88. The summed E-state index contributed by atoms with van der Waals surface area (Å²) in [4.78, 5) is 14.2. The fourth-order valence-electron chi connectivity index (χ4n) is 1.78. The molecule has 1 heterocycles. The second kappa shape index (κ2) is 6.19. The normalized spacial score (nSPS) is 10.2. The number of hydrogen-bond donors (Lipinski definition) is 1. The Morgan fingerprint density at radius 3 is 2.67 bits per heavy atom. The molecule has 0 radical (unpaired) electrons. The molecule has 2 rings (SSSR count). The molecule has 2 aromatic rings. The number of nitro groups is 1. The number of aliphatic hydroxyl groups excluding tert-OH is 1. The van der Waals surface area contributed by atoms with Gasteiger partial charge in [0.2, 0.25) is 5.88 Å². The lowest BCUT2D eigenvalue weighted by Crippen LogP contribution is -1.97. The number of methoxy groups -OCH3 is 1. The van der Waals surface area contributed by atoms with Gasteiger partial charge in [-0.15, -0.1) is 0 Å². The van der Waals surface area contributed by atoms with Gasteiger partial charge >= 0.3 is 0 Å². The number of aromatic nitrogens is 1. The van der Waals surface area contributed by atoms with Crippen LogP contribution in [0.1, 0.15) is 11.1 Å². The molecule has 7 heteroatoms. The Labute approximate surface area is 120 Å². The van der Waals surface area contributed by atoms with Crippen molar-refractivity contribution >= 4 is 5.69 Å². The van der Waals surface area contributed by atoms with Crippen LogP contribution in [0.25, 0.3) is 0 Å². The van der Waals surface area contributed by atoms with E-state index in [-0.39, 0.29) is 18.2 Å². The van der Waals surface area contributed by atoms with Crippen LogP contribution in [0.2, 0.25) is 0 Å². The molecule has 1 aromatic heterocycles. The van der Waals surface area contributed by atoms with Gasteiger partial charge in [0.15, 0.2) is 11.5 Å². The molecule has 0 amide bonds. The first kappa shape index (κ1) is 14.7. The van der Waals surface area contributed by atoms with Gasteiger partial charge in [-0.1, -0.05) is 6.07 Å². The van der Waals surface area contributed by atoms with Crippen molar-refractivity contribution < 1.29 is 19.5 Å². The van der Waals surface area contributed by atoms with Gasteiger partial charge < -0.3 is 14.6 Å². The van der Waals surface area contributed by atoms with Crippen LogP contribution in [-0.4, -0.2) is 22.1 Å². The van der Waals surface area contributed by atoms with E-state index in [9.17, 15) is 10.1 Å². The van der Waals surface area contributed by atoms with E-state index in [1.54, 1.807) is 25.1 Å². The number of benzene rings is 1. The largest absolute Gasteiger partial charge is 0.493 e. The van der Waals surface area contributed by atoms with E-state index >= 15 is 0 Å². The zero-order chi connectivity index (χ0) is 15.4. The average Bonchev–Trinajstić information content (AvgIpc) is 2.47. The second-order valence-corrected chi connectivity index (χ2v) is 4.31. The van der Waals surface area contributed by atoms with Gasteiger partial charge in [0, 0.05) is 11.6 Å². The van der Waals surface area contributed by atoms with Gasteiger partial charge in [0.25, 0.3) is 5.69 Å². The van der Waals surface area contributed by atoms with Crippen LogP contribution < -0.4 is 9.47 Å². The fraction of sp³-hybridized carbons (Fsp3) is 0.214. The Bertz CT molecular complexity index is 672. The molecule has 0 atom stereocenters. The summed E-state index contributed by atoms with van der Waals surface area (Å²) in [7, 11) is 1.48. The minimum atomic E-state index is -0.497. The van der Waals surface area contributed by atoms with Crippen LogP contribution in [-0.2, 0) is 6.61 Å². The lowest BCUT2D eigenvalue weighted by molar-refractivity contribution is -0.385. The van der Waals surface area contributed by atoms with Crippen LogP contribution >= 0.6 is 0 Å². The van der Waals surface area contributed by atoms with Crippen molar-refractivity contribution in [3.8, 4) is 17.4 Å². The Balaban J connectivity index is 2.30. The fourth-order valence-corrected chi connectivity index (χ4v) is 1.78. The number of pyridine rings is 1. The number of nitrogens with zero attached hydrogens (tertiary/aromatic N) is 2. The third-order valence-corrected chi connectivity index (χ3v) is 2.88. The summed E-state index contributed by atoms with van der Waals surface area (Å²) >= 11 is 0. The minimum Gasteiger partial charge on any atom is -0.493 e. The molecule has 0 aliphatic carbocycles. The van der Waals surface area contributed by atoms with E-state index in [1.165, 1.54) is 13.2 Å². The molecular weight excluding hydrogens is 276 g/mol. The van der Waals surface area contributed by atoms with Gasteiger partial charge in [-0.2, -0.15) is 0 Å². The molecule has 0 unspecified atom stereocenters. The highest BCUT2D eigenvalue weighted by molar-refractivity contribution is 5.46. The quantitative estimate of drug-likeness (QED) is 0.671. The van der Waals surface area contributed by atoms with Gasteiger partial charge in [0.1, 0.15) is 6.20 Å². The van der Waals surface area contributed by atoms with Crippen LogP contribution in [0.3, 0.4) is 0 Å². The third kappa shape index (κ3) is 3.26. The van der Waals surface area contributed by atoms with Crippen LogP contribution in [0.5, 0.6) is 17.4 Å². The van der Waals surface area contributed by atoms with Gasteiger partial charge in [0.05, 0.1) is 18.6 Å². The molecule has 0 spiro atoms. The molecule has 0 aliphatic rings. The SMILES string of the molecule is COc1cc(CO)ccc1Oc1cc(C)c([N+](=O)[O-])cn1. The molecule has 0 bridgehead atoms. The first-order valence-corrected chi connectivity index (χ1v) is 6.12. The highest BCUT2D eigenvalue weighted by atomic mass is 16.6. The zero-order valence-corrected chi connectivity index (χ0v) is 11.6. The van der Waals surface area contributed by atoms with Crippen molar-refractivity contribution in [2.75, 3.05) is 7.11 Å². The lowest BCUT2D eigenvalue weighted by atomic mass is 10.2. The van der Waals surface area contributed by atoms with Crippen LogP contribution in [0.4, 0.5) is 5.69 Å². The highest BCUT2D eigenvalue weighted by Gasteiger charge is 2.14. The second-order valence-electron chi connectivity index (χ2n) is 4.31. The minimum absolute atomic E-state index is 0.0649. The maximum Gasteiger partial charge on any atom is 0.290 e. The topological polar surface area (TPSA) is 94.7 Å². The number of rotatable bonds is 5. The van der Waals surface area contributed by atoms with Crippen molar-refractivity contribution in [1.29, 1.82) is 0 Å². The highest BCUT2D eigenvalue weighted by Crippen LogP contribution is 2.32. The zero-order valence-electron chi connectivity index (χ0n) is 11.6. The summed E-state index contributed by atoms with van der Waals surface area (Å²) in [5, 5.41) is 19.8. The van der Waals surface area contributed by atoms with Crippen molar-refractivity contribution in [2.24, 2.45) is 0 Å². The van der Waals surface area contributed by atoms with E-state index in [2.05, 4.69) is 4.98 Å². The smallest absolute Gasteiger partial charge is 0.290 e. The summed E-state index contributed by atoms with van der Waals surface area (Å²) in [6.45, 7) is 1.50. The number of aliphatic hydroxyl groups is 1. The Kier molecular flexibility index (Phi) is 4.34. The van der Waals surface area contributed by atoms with E-state index in [0.29, 0.717) is 22.6 Å². The van der Waals surface area contributed by atoms with Crippen molar-refractivity contribution in [3.05, 3.63) is 51.7 Å². The standard InChI is InChI=1S/C14H14N2O5/c1-9-5-14(15-7-11(9)16(18)19)21-12-4-3-10(8-17)6-13(12)20-2/h3-7,17H,8H2,1-2H3. The summed E-state index contributed by atoms with van der Waals surface area (Å²) < 4.78 is 10.8. The Hall–Kier alpha value is -2.67. The van der Waals surface area contributed by atoms with E-state index in [1.807, 2.05) is 0 Å². The summed E-state index contributed by atoms with van der Waals surface area (Å²) in [6.07, 6.45) is 1.15. The van der Waals surface area contributed by atoms with Crippen LogP contribution in [0, 0.1) is 17.0 Å². The van der Waals surface area contributed by atoms with Gasteiger partial charge in [-0.05, 0) is 24.6 Å². The lowest BCUT2D eigenvalue weighted by Gasteiger charge is -2.11. The van der Waals surface area contributed by atoms with Gasteiger partial charge in [-0.3, -0.25) is 10.1 Å². The summed E-state index contributed by atoms with van der Waals surface area (Å²) in [6, 6.07) is 6.46. The predicted octanol–water partition coefficient (Wildman–Crippen LogP) is 2.59. The van der Waals surface area contributed by atoms with Gasteiger partial charge in [-0.25, -0.2) is 4.98 Å². The molecule has 7 nitrogen and oxygen atoms in total. The average molecular weight is 290 g/mol. The molecule has 110 valence electrons. The molecule has 0 aliphatic heterocycles. The van der Waals surface area contributed by atoms with Crippen molar-refractivity contribution in [3.63, 3.8) is 0 Å². The first-order valence-electron chi connectivity index (χ1n) is 6.12. The molecule has 0 saturated heterocycles. The van der Waals surface area contributed by atoms with Crippen LogP contribution in [0.15, 0.2) is 30.5 Å². The maximum atomic E-state index is 10.7. The molecule has 0 fully saturated rings. The maximum absolute atomic E-state index is 10.7. The van der Waals surface area contributed by atoms with E-state index in [4.69, 9.17) is 14.6 Å². The van der Waals surface area contributed by atoms with Crippen molar-refractivity contribution in [1.82, 2.24) is 4.98 Å². The molecular formula is C14H14N2O5. The monoisotopic (exact) mass is 290 g/mol. The Morgan fingerprint density at radius 2 is 2.10 bits per heavy atom. The molecule has 0 saturated carbocycles.